The van der Waals surface area contributed by atoms with E-state index in [1.54, 1.807) is 0 Å². The highest BCUT2D eigenvalue weighted by molar-refractivity contribution is 5.18. The van der Waals surface area contributed by atoms with Crippen LogP contribution < -0.4 is 5.32 Å². The number of hydrogen-bond donors (Lipinski definition) is 2. The van der Waals surface area contributed by atoms with E-state index in [1.165, 1.54) is 19.3 Å². The molecule has 0 aliphatic heterocycles. The van der Waals surface area contributed by atoms with Gasteiger partial charge in [0.05, 0.1) is 6.10 Å². The van der Waals surface area contributed by atoms with Crippen LogP contribution in [0, 0.1) is 5.92 Å². The Labute approximate surface area is 97.7 Å². The molecule has 3 atom stereocenters. The van der Waals surface area contributed by atoms with Gasteiger partial charge in [-0.15, -0.1) is 0 Å². The lowest BCUT2D eigenvalue weighted by Crippen LogP contribution is -2.39. The molecule has 1 saturated carbocycles. The summed E-state index contributed by atoms with van der Waals surface area (Å²) in [5, 5.41) is 13.8. The molecule has 1 aromatic carbocycles. The van der Waals surface area contributed by atoms with Crippen LogP contribution in [0.4, 0.5) is 0 Å². The van der Waals surface area contributed by atoms with Crippen LogP contribution in [0.25, 0.3) is 0 Å². The topological polar surface area (TPSA) is 32.3 Å². The van der Waals surface area contributed by atoms with Gasteiger partial charge in [-0.2, -0.15) is 0 Å². The van der Waals surface area contributed by atoms with Crippen molar-refractivity contribution in [2.75, 3.05) is 7.05 Å². The summed E-state index contributed by atoms with van der Waals surface area (Å²) >= 11 is 0. The Morgan fingerprint density at radius 1 is 1.19 bits per heavy atom. The van der Waals surface area contributed by atoms with Gasteiger partial charge in [-0.05, 0) is 25.5 Å². The first-order valence-corrected chi connectivity index (χ1v) is 6.23. The van der Waals surface area contributed by atoms with Gasteiger partial charge in [-0.25, -0.2) is 0 Å². The molecular formula is C14H21NO. The zero-order valence-corrected chi connectivity index (χ0v) is 9.89. The minimum atomic E-state index is -0.320. The Morgan fingerprint density at radius 2 is 1.88 bits per heavy atom. The summed E-state index contributed by atoms with van der Waals surface area (Å²) in [6.45, 7) is 0. The molecule has 0 bridgehead atoms. The standard InChI is InChI=1S/C14H21NO/c1-15-13-10-6-5-9-12(13)14(16)11-7-3-2-4-8-11/h2-4,7-8,12-16H,5-6,9-10H2,1H3/t12-,13+,14+/m0/s1. The van der Waals surface area contributed by atoms with Crippen LogP contribution in [-0.2, 0) is 0 Å². The zero-order valence-electron chi connectivity index (χ0n) is 9.89. The molecule has 2 N–H and O–H groups in total. The summed E-state index contributed by atoms with van der Waals surface area (Å²) in [7, 11) is 2.00. The summed E-state index contributed by atoms with van der Waals surface area (Å²) in [6, 6.07) is 10.5. The first-order chi connectivity index (χ1) is 7.83. The molecule has 0 saturated heterocycles. The van der Waals surface area contributed by atoms with E-state index in [-0.39, 0.29) is 6.10 Å². The van der Waals surface area contributed by atoms with Crippen molar-refractivity contribution in [1.29, 1.82) is 0 Å². The Bertz CT molecular complexity index is 312. The first-order valence-electron chi connectivity index (χ1n) is 6.23. The van der Waals surface area contributed by atoms with Gasteiger partial charge in [-0.3, -0.25) is 0 Å². The second-order valence-electron chi connectivity index (χ2n) is 4.70. The molecule has 1 aliphatic carbocycles. The fourth-order valence-corrected chi connectivity index (χ4v) is 2.79. The van der Waals surface area contributed by atoms with E-state index in [0.29, 0.717) is 12.0 Å². The summed E-state index contributed by atoms with van der Waals surface area (Å²) in [5.41, 5.74) is 1.05. The average Bonchev–Trinajstić information content (AvgIpc) is 2.39. The number of rotatable bonds is 3. The van der Waals surface area contributed by atoms with Crippen molar-refractivity contribution >= 4 is 0 Å². The predicted molar refractivity (Wildman–Crippen MR) is 66.2 cm³/mol. The van der Waals surface area contributed by atoms with E-state index in [1.807, 2.05) is 37.4 Å². The molecule has 0 heterocycles. The predicted octanol–water partition coefficient (Wildman–Crippen LogP) is 2.50. The third kappa shape index (κ3) is 2.45. The highest BCUT2D eigenvalue weighted by atomic mass is 16.3. The van der Waals surface area contributed by atoms with Gasteiger partial charge in [0.15, 0.2) is 0 Å². The van der Waals surface area contributed by atoms with Crippen molar-refractivity contribution in [3.63, 3.8) is 0 Å². The third-order valence-electron chi connectivity index (χ3n) is 3.74. The third-order valence-corrected chi connectivity index (χ3v) is 3.74. The highest BCUT2D eigenvalue weighted by Gasteiger charge is 2.30. The van der Waals surface area contributed by atoms with Crippen molar-refractivity contribution in [3.05, 3.63) is 35.9 Å². The van der Waals surface area contributed by atoms with Gasteiger partial charge < -0.3 is 10.4 Å². The molecule has 0 radical (unpaired) electrons. The van der Waals surface area contributed by atoms with Gasteiger partial charge in [-0.1, -0.05) is 43.2 Å². The molecule has 1 aromatic rings. The Morgan fingerprint density at radius 3 is 2.56 bits per heavy atom. The largest absolute Gasteiger partial charge is 0.388 e. The summed E-state index contributed by atoms with van der Waals surface area (Å²) in [4.78, 5) is 0. The van der Waals surface area contributed by atoms with E-state index >= 15 is 0 Å². The maximum Gasteiger partial charge on any atom is 0.0833 e. The lowest BCUT2D eigenvalue weighted by molar-refractivity contribution is 0.0639. The quantitative estimate of drug-likeness (QED) is 0.818. The fraction of sp³-hybridized carbons (Fsp3) is 0.571. The normalized spacial score (nSPS) is 27.6. The monoisotopic (exact) mass is 219 g/mol. The van der Waals surface area contributed by atoms with Crippen molar-refractivity contribution in [1.82, 2.24) is 5.32 Å². The van der Waals surface area contributed by atoms with Crippen molar-refractivity contribution < 1.29 is 5.11 Å². The van der Waals surface area contributed by atoms with Crippen LogP contribution in [-0.4, -0.2) is 18.2 Å². The molecule has 1 fully saturated rings. The minimum Gasteiger partial charge on any atom is -0.388 e. The number of aliphatic hydroxyl groups is 1. The summed E-state index contributed by atoms with van der Waals surface area (Å²) in [6.07, 6.45) is 4.52. The molecule has 16 heavy (non-hydrogen) atoms. The minimum absolute atomic E-state index is 0.320. The SMILES string of the molecule is CN[C@@H]1CCCC[C@@H]1[C@H](O)c1ccccc1. The molecule has 0 aromatic heterocycles. The Hall–Kier alpha value is -0.860. The molecule has 0 spiro atoms. The molecule has 0 unspecified atom stereocenters. The average molecular weight is 219 g/mol. The van der Waals surface area contributed by atoms with Crippen LogP contribution in [0.3, 0.4) is 0 Å². The maximum absolute atomic E-state index is 10.4. The maximum atomic E-state index is 10.4. The van der Waals surface area contributed by atoms with Crippen LogP contribution in [0.1, 0.15) is 37.4 Å². The fourth-order valence-electron chi connectivity index (χ4n) is 2.79. The van der Waals surface area contributed by atoms with Gasteiger partial charge in [0.1, 0.15) is 0 Å². The van der Waals surface area contributed by atoms with Gasteiger partial charge in [0.2, 0.25) is 0 Å². The lowest BCUT2D eigenvalue weighted by atomic mass is 9.79. The Balaban J connectivity index is 2.10. The van der Waals surface area contributed by atoms with E-state index in [2.05, 4.69) is 5.32 Å². The molecule has 0 amide bonds. The summed E-state index contributed by atoms with van der Waals surface area (Å²) < 4.78 is 0. The van der Waals surface area contributed by atoms with E-state index < -0.39 is 0 Å². The van der Waals surface area contributed by atoms with Crippen LogP contribution in [0.5, 0.6) is 0 Å². The summed E-state index contributed by atoms with van der Waals surface area (Å²) in [5.74, 6) is 0.362. The van der Waals surface area contributed by atoms with Crippen molar-refractivity contribution in [2.45, 2.75) is 37.8 Å². The molecular weight excluding hydrogens is 198 g/mol. The molecule has 1 aliphatic rings. The molecule has 88 valence electrons. The number of hydrogen-bond acceptors (Lipinski definition) is 2. The van der Waals surface area contributed by atoms with Crippen LogP contribution in [0.15, 0.2) is 30.3 Å². The van der Waals surface area contributed by atoms with Gasteiger partial charge in [0, 0.05) is 12.0 Å². The number of benzene rings is 1. The Kier molecular flexibility index (Phi) is 3.97. The van der Waals surface area contributed by atoms with E-state index in [9.17, 15) is 5.11 Å². The first kappa shape index (κ1) is 11.6. The smallest absolute Gasteiger partial charge is 0.0833 e. The zero-order chi connectivity index (χ0) is 11.4. The molecule has 2 rings (SSSR count). The van der Waals surface area contributed by atoms with Gasteiger partial charge in [0.25, 0.3) is 0 Å². The highest BCUT2D eigenvalue weighted by Crippen LogP contribution is 2.34. The van der Waals surface area contributed by atoms with Crippen molar-refractivity contribution in [3.8, 4) is 0 Å². The number of aliphatic hydroxyl groups excluding tert-OH is 1. The number of nitrogens with one attached hydrogen (secondary N) is 1. The molecule has 2 nitrogen and oxygen atoms in total. The molecule has 2 heteroatoms. The van der Waals surface area contributed by atoms with Crippen molar-refractivity contribution in [2.24, 2.45) is 5.92 Å². The lowest BCUT2D eigenvalue weighted by Gasteiger charge is -2.34. The van der Waals surface area contributed by atoms with E-state index in [0.717, 1.165) is 12.0 Å². The van der Waals surface area contributed by atoms with Crippen LogP contribution in [0.2, 0.25) is 0 Å². The van der Waals surface area contributed by atoms with Gasteiger partial charge >= 0.3 is 0 Å². The van der Waals surface area contributed by atoms with Crippen LogP contribution >= 0.6 is 0 Å². The second-order valence-corrected chi connectivity index (χ2v) is 4.70. The second kappa shape index (κ2) is 5.46. The van der Waals surface area contributed by atoms with E-state index in [4.69, 9.17) is 0 Å².